The lowest BCUT2D eigenvalue weighted by Crippen LogP contribution is -2.41. The molecule has 0 aromatic heterocycles. The molecule has 1 aromatic carbocycles. The first-order chi connectivity index (χ1) is 19.6. The third-order valence-corrected chi connectivity index (χ3v) is 7.48. The van der Waals surface area contributed by atoms with Crippen molar-refractivity contribution in [3.63, 3.8) is 0 Å². The fourth-order valence-corrected chi connectivity index (χ4v) is 5.03. The molecule has 1 rings (SSSR count). The molecule has 0 heterocycles. The Hall–Kier alpha value is -1.34. The maximum atomic E-state index is 10.6. The van der Waals surface area contributed by atoms with Crippen LogP contribution in [0.3, 0.4) is 0 Å². The molecular weight excluding hydrogens is 502 g/mol. The van der Waals surface area contributed by atoms with E-state index < -0.39 is 12.2 Å². The molecule has 0 amide bonds. The van der Waals surface area contributed by atoms with Crippen LogP contribution in [0.4, 0.5) is 5.69 Å². The molecule has 6 heteroatoms. The van der Waals surface area contributed by atoms with Gasteiger partial charge in [0.2, 0.25) is 0 Å². The highest BCUT2D eigenvalue weighted by Crippen LogP contribution is 2.19. The third kappa shape index (κ3) is 21.4. The zero-order chi connectivity index (χ0) is 29.1. The predicted octanol–water partition coefficient (Wildman–Crippen LogP) is 8.02. The highest BCUT2D eigenvalue weighted by molar-refractivity contribution is 5.49. The maximum Gasteiger partial charge on any atom is 0.115 e. The van der Waals surface area contributed by atoms with Crippen molar-refractivity contribution in [3.05, 3.63) is 24.3 Å². The van der Waals surface area contributed by atoms with Gasteiger partial charge in [0.15, 0.2) is 0 Å². The molecule has 0 aliphatic rings. The van der Waals surface area contributed by atoms with Crippen molar-refractivity contribution < 1.29 is 24.8 Å². The van der Waals surface area contributed by atoms with Crippen LogP contribution in [-0.2, 0) is 9.47 Å². The molecule has 0 aliphatic carbocycles. The number of nitrogens with zero attached hydrogens (tertiary/aromatic N) is 1. The van der Waals surface area contributed by atoms with Crippen molar-refractivity contribution in [1.29, 1.82) is 0 Å². The quantitative estimate of drug-likeness (QED) is 0.0854. The van der Waals surface area contributed by atoms with Crippen molar-refractivity contribution in [2.45, 2.75) is 142 Å². The van der Waals surface area contributed by atoms with Crippen molar-refractivity contribution in [2.75, 3.05) is 44.4 Å². The summed E-state index contributed by atoms with van der Waals surface area (Å²) in [6, 6.07) is 6.87. The van der Waals surface area contributed by atoms with Crippen molar-refractivity contribution in [3.8, 4) is 5.75 Å². The van der Waals surface area contributed by atoms with Gasteiger partial charge in [-0.1, -0.05) is 117 Å². The Kier molecular flexibility index (Phi) is 24.4. The van der Waals surface area contributed by atoms with Crippen molar-refractivity contribution >= 4 is 5.69 Å². The zero-order valence-corrected chi connectivity index (χ0v) is 26.0. The Balaban J connectivity index is 2.24. The van der Waals surface area contributed by atoms with Crippen LogP contribution in [0, 0.1) is 0 Å². The van der Waals surface area contributed by atoms with Gasteiger partial charge in [0, 0.05) is 32.0 Å². The molecule has 3 N–H and O–H groups in total. The number of aromatic hydroxyl groups is 1. The Labute approximate surface area is 246 Å². The van der Waals surface area contributed by atoms with E-state index in [0.717, 1.165) is 18.5 Å². The number of unbranched alkanes of at least 4 members (excludes halogenated alkanes) is 16. The van der Waals surface area contributed by atoms with Gasteiger partial charge in [-0.15, -0.1) is 0 Å². The average Bonchev–Trinajstić information content (AvgIpc) is 2.94. The predicted molar refractivity (Wildman–Crippen MR) is 168 cm³/mol. The number of aliphatic hydroxyl groups is 2. The Morgan fingerprint density at radius 2 is 0.900 bits per heavy atom. The Bertz CT molecular complexity index is 622. The number of rotatable bonds is 29. The summed E-state index contributed by atoms with van der Waals surface area (Å²) in [5.74, 6) is 0.193. The van der Waals surface area contributed by atoms with E-state index in [1.165, 1.54) is 103 Å². The van der Waals surface area contributed by atoms with Crippen LogP contribution >= 0.6 is 0 Å². The highest BCUT2D eigenvalue weighted by atomic mass is 16.5. The van der Waals surface area contributed by atoms with Gasteiger partial charge in [0.25, 0.3) is 0 Å². The molecule has 6 nitrogen and oxygen atoms in total. The van der Waals surface area contributed by atoms with E-state index in [1.807, 2.05) is 4.90 Å². The van der Waals surface area contributed by atoms with E-state index >= 15 is 0 Å². The van der Waals surface area contributed by atoms with E-state index in [0.29, 0.717) is 26.3 Å². The van der Waals surface area contributed by atoms with Crippen LogP contribution in [-0.4, -0.2) is 67.0 Å². The summed E-state index contributed by atoms with van der Waals surface area (Å²) in [6.07, 6.45) is 21.6. The van der Waals surface area contributed by atoms with Crippen molar-refractivity contribution in [2.24, 2.45) is 0 Å². The summed E-state index contributed by atoms with van der Waals surface area (Å²) in [7, 11) is 0. The summed E-state index contributed by atoms with van der Waals surface area (Å²) in [6.45, 7) is 7.08. The normalized spacial score (nSPS) is 13.0. The maximum absolute atomic E-state index is 10.6. The molecule has 1 aromatic rings. The fourth-order valence-electron chi connectivity index (χ4n) is 5.03. The van der Waals surface area contributed by atoms with Crippen LogP contribution in [0.2, 0.25) is 0 Å². The minimum absolute atomic E-state index is 0.193. The summed E-state index contributed by atoms with van der Waals surface area (Å²) < 4.78 is 11.5. The van der Waals surface area contributed by atoms with Gasteiger partial charge in [0.1, 0.15) is 5.75 Å². The SMILES string of the molecule is CCCCCCCCCCCOCC(O)CN(CC(O)COCCCCCCCCCCC)c1ccc(O)cc1. The van der Waals surface area contributed by atoms with E-state index in [4.69, 9.17) is 9.47 Å². The van der Waals surface area contributed by atoms with E-state index in [9.17, 15) is 15.3 Å². The van der Waals surface area contributed by atoms with E-state index in [2.05, 4.69) is 13.8 Å². The number of ether oxygens (including phenoxy) is 2. The number of hydrogen-bond donors (Lipinski definition) is 3. The van der Waals surface area contributed by atoms with Crippen molar-refractivity contribution in [1.82, 2.24) is 0 Å². The van der Waals surface area contributed by atoms with Gasteiger partial charge < -0.3 is 29.7 Å². The summed E-state index contributed by atoms with van der Waals surface area (Å²) in [5.41, 5.74) is 0.841. The summed E-state index contributed by atoms with van der Waals surface area (Å²) >= 11 is 0. The van der Waals surface area contributed by atoms with Crippen LogP contribution < -0.4 is 4.90 Å². The van der Waals surface area contributed by atoms with E-state index in [1.54, 1.807) is 24.3 Å². The Morgan fingerprint density at radius 3 is 1.27 bits per heavy atom. The molecular formula is C34H63NO5. The standard InChI is InChI=1S/C34H63NO5/c1-3-5-7-9-11-13-15-17-19-25-39-29-33(37)27-35(31-21-23-32(36)24-22-31)28-34(38)30-40-26-20-18-16-14-12-10-8-6-4-2/h21-24,33-34,36-38H,3-20,25-30H2,1-2H3. The summed E-state index contributed by atoms with van der Waals surface area (Å²) in [4.78, 5) is 1.94. The smallest absolute Gasteiger partial charge is 0.115 e. The number of phenols is 1. The minimum Gasteiger partial charge on any atom is -0.508 e. The molecule has 0 saturated carbocycles. The molecule has 234 valence electrons. The summed E-state index contributed by atoms with van der Waals surface area (Å²) in [5, 5.41) is 31.0. The monoisotopic (exact) mass is 565 g/mol. The molecule has 2 unspecified atom stereocenters. The van der Waals surface area contributed by atoms with Gasteiger partial charge in [0.05, 0.1) is 25.4 Å². The molecule has 0 radical (unpaired) electrons. The zero-order valence-electron chi connectivity index (χ0n) is 26.0. The lowest BCUT2D eigenvalue weighted by atomic mass is 10.1. The largest absolute Gasteiger partial charge is 0.508 e. The topological polar surface area (TPSA) is 82.4 Å². The van der Waals surface area contributed by atoms with Crippen LogP contribution in [0.1, 0.15) is 129 Å². The van der Waals surface area contributed by atoms with Crippen LogP contribution in [0.15, 0.2) is 24.3 Å². The fraction of sp³-hybridized carbons (Fsp3) is 0.824. The van der Waals surface area contributed by atoms with Gasteiger partial charge >= 0.3 is 0 Å². The highest BCUT2D eigenvalue weighted by Gasteiger charge is 2.17. The molecule has 0 bridgehead atoms. The molecule has 0 saturated heterocycles. The number of benzene rings is 1. The van der Waals surface area contributed by atoms with E-state index in [-0.39, 0.29) is 19.0 Å². The number of hydrogen-bond acceptors (Lipinski definition) is 6. The van der Waals surface area contributed by atoms with Gasteiger partial charge in [-0.25, -0.2) is 0 Å². The first kappa shape index (κ1) is 36.7. The molecule has 0 aliphatic heterocycles. The second kappa shape index (κ2) is 26.6. The first-order valence-corrected chi connectivity index (χ1v) is 16.6. The van der Waals surface area contributed by atoms with Crippen LogP contribution in [0.25, 0.3) is 0 Å². The molecule has 40 heavy (non-hydrogen) atoms. The van der Waals surface area contributed by atoms with Gasteiger partial charge in [-0.05, 0) is 37.1 Å². The number of phenolic OH excluding ortho intramolecular Hbond substituents is 1. The second-order valence-electron chi connectivity index (χ2n) is 11.5. The minimum atomic E-state index is -0.664. The number of aliphatic hydroxyl groups excluding tert-OH is 2. The first-order valence-electron chi connectivity index (χ1n) is 16.6. The van der Waals surface area contributed by atoms with Crippen LogP contribution in [0.5, 0.6) is 5.75 Å². The Morgan fingerprint density at radius 1 is 0.550 bits per heavy atom. The lowest BCUT2D eigenvalue weighted by molar-refractivity contribution is 0.0284. The lowest BCUT2D eigenvalue weighted by Gasteiger charge is -2.29. The van der Waals surface area contributed by atoms with Gasteiger partial charge in [-0.2, -0.15) is 0 Å². The molecule has 0 spiro atoms. The molecule has 0 fully saturated rings. The average molecular weight is 566 g/mol. The van der Waals surface area contributed by atoms with Gasteiger partial charge in [-0.3, -0.25) is 0 Å². The second-order valence-corrected chi connectivity index (χ2v) is 11.5. The third-order valence-electron chi connectivity index (χ3n) is 7.48. The molecule has 2 atom stereocenters. The number of anilines is 1.